The molecule has 0 atom stereocenters. The fourth-order valence-electron chi connectivity index (χ4n) is 1.89. The summed E-state index contributed by atoms with van der Waals surface area (Å²) in [4.78, 5) is 10.5. The van der Waals surface area contributed by atoms with Gasteiger partial charge in [-0.2, -0.15) is 0 Å². The van der Waals surface area contributed by atoms with E-state index in [1.807, 2.05) is 0 Å². The summed E-state index contributed by atoms with van der Waals surface area (Å²) in [6.45, 7) is 0.632. The summed E-state index contributed by atoms with van der Waals surface area (Å²) in [5, 5.41) is 8.63. The van der Waals surface area contributed by atoms with Crippen molar-refractivity contribution in [3.63, 3.8) is 0 Å². The molecule has 4 nitrogen and oxygen atoms in total. The van der Waals surface area contributed by atoms with Crippen molar-refractivity contribution in [2.24, 2.45) is 5.92 Å². The first-order chi connectivity index (χ1) is 7.25. The van der Waals surface area contributed by atoms with Gasteiger partial charge in [0.2, 0.25) is 5.76 Å². The summed E-state index contributed by atoms with van der Waals surface area (Å²) in [5.41, 5.74) is 0. The quantitative estimate of drug-likeness (QED) is 0.829. The summed E-state index contributed by atoms with van der Waals surface area (Å²) in [7, 11) is 0. The molecule has 0 saturated heterocycles. The Hall–Kier alpha value is -1.45. The highest BCUT2D eigenvalue weighted by Gasteiger charge is 2.16. The minimum absolute atomic E-state index is 0.0728. The number of furan rings is 1. The molecule has 1 aromatic heterocycles. The van der Waals surface area contributed by atoms with E-state index >= 15 is 0 Å². The van der Waals surface area contributed by atoms with Gasteiger partial charge >= 0.3 is 5.97 Å². The van der Waals surface area contributed by atoms with E-state index in [1.54, 1.807) is 6.07 Å². The number of aromatic carboxylic acids is 1. The van der Waals surface area contributed by atoms with Gasteiger partial charge in [0.25, 0.3) is 5.95 Å². The second kappa shape index (κ2) is 4.38. The summed E-state index contributed by atoms with van der Waals surface area (Å²) in [6, 6.07) is 2.96. The standard InChI is InChI=1S/C11H14O4/c12-11(13)9-5-6-10(15-9)14-7-8-3-1-2-4-8/h5-6,8H,1-4,7H2,(H,12,13). The fraction of sp³-hybridized carbons (Fsp3) is 0.545. The van der Waals surface area contributed by atoms with E-state index < -0.39 is 5.97 Å². The van der Waals surface area contributed by atoms with Crippen LogP contribution in [-0.4, -0.2) is 17.7 Å². The predicted molar refractivity (Wildman–Crippen MR) is 53.1 cm³/mol. The normalized spacial score (nSPS) is 16.8. The summed E-state index contributed by atoms with van der Waals surface area (Å²) in [6.07, 6.45) is 4.94. The van der Waals surface area contributed by atoms with E-state index in [4.69, 9.17) is 14.3 Å². The van der Waals surface area contributed by atoms with Crippen LogP contribution in [0.5, 0.6) is 5.95 Å². The van der Waals surface area contributed by atoms with E-state index in [9.17, 15) is 4.79 Å². The van der Waals surface area contributed by atoms with Crippen LogP contribution in [0.1, 0.15) is 36.2 Å². The number of ether oxygens (including phenoxy) is 1. The van der Waals surface area contributed by atoms with Crippen LogP contribution in [0.25, 0.3) is 0 Å². The third-order valence-corrected chi connectivity index (χ3v) is 2.73. The van der Waals surface area contributed by atoms with Gasteiger partial charge in [-0.25, -0.2) is 4.79 Å². The zero-order valence-electron chi connectivity index (χ0n) is 8.44. The molecule has 0 aromatic carbocycles. The van der Waals surface area contributed by atoms with Crippen LogP contribution in [0.4, 0.5) is 0 Å². The van der Waals surface area contributed by atoms with Crippen molar-refractivity contribution >= 4 is 5.97 Å². The van der Waals surface area contributed by atoms with Crippen molar-refractivity contribution in [1.29, 1.82) is 0 Å². The number of carbonyl (C=O) groups is 1. The number of carboxylic acid groups (broad SMARTS) is 1. The maximum Gasteiger partial charge on any atom is 0.371 e. The molecule has 0 amide bonds. The highest BCUT2D eigenvalue weighted by molar-refractivity contribution is 5.84. The molecule has 0 unspecified atom stereocenters. The van der Waals surface area contributed by atoms with Gasteiger partial charge in [-0.05, 0) is 24.8 Å². The summed E-state index contributed by atoms with van der Waals surface area (Å²) in [5.74, 6) is -0.232. The maximum atomic E-state index is 10.5. The van der Waals surface area contributed by atoms with Crippen molar-refractivity contribution in [2.75, 3.05) is 6.61 Å². The van der Waals surface area contributed by atoms with Crippen molar-refractivity contribution in [1.82, 2.24) is 0 Å². The average Bonchev–Trinajstić information content (AvgIpc) is 2.86. The molecule has 0 aliphatic heterocycles. The molecule has 1 N–H and O–H groups in total. The predicted octanol–water partition coefficient (Wildman–Crippen LogP) is 2.55. The molecule has 15 heavy (non-hydrogen) atoms. The average molecular weight is 210 g/mol. The molecular weight excluding hydrogens is 196 g/mol. The van der Waals surface area contributed by atoms with Gasteiger partial charge < -0.3 is 14.3 Å². The zero-order valence-corrected chi connectivity index (χ0v) is 8.44. The van der Waals surface area contributed by atoms with Gasteiger partial charge in [0.15, 0.2) is 0 Å². The molecule has 0 bridgehead atoms. The van der Waals surface area contributed by atoms with Crippen LogP contribution >= 0.6 is 0 Å². The van der Waals surface area contributed by atoms with Gasteiger partial charge in [0, 0.05) is 6.07 Å². The van der Waals surface area contributed by atoms with Crippen LogP contribution in [-0.2, 0) is 0 Å². The van der Waals surface area contributed by atoms with Gasteiger partial charge in [0.1, 0.15) is 0 Å². The van der Waals surface area contributed by atoms with E-state index in [0.29, 0.717) is 18.5 Å². The molecule has 0 radical (unpaired) electrons. The fourth-order valence-corrected chi connectivity index (χ4v) is 1.89. The van der Waals surface area contributed by atoms with E-state index in [-0.39, 0.29) is 5.76 Å². The minimum Gasteiger partial charge on any atom is -0.475 e. The Labute approximate surface area is 87.8 Å². The number of hydrogen-bond acceptors (Lipinski definition) is 3. The molecule has 1 aromatic rings. The first-order valence-electron chi connectivity index (χ1n) is 5.21. The van der Waals surface area contributed by atoms with Crippen molar-refractivity contribution in [3.8, 4) is 5.95 Å². The molecule has 1 saturated carbocycles. The lowest BCUT2D eigenvalue weighted by atomic mass is 10.1. The monoisotopic (exact) mass is 210 g/mol. The van der Waals surface area contributed by atoms with Crippen LogP contribution in [0.3, 0.4) is 0 Å². The lowest BCUT2D eigenvalue weighted by Crippen LogP contribution is -2.07. The third kappa shape index (κ3) is 2.52. The number of hydrogen-bond donors (Lipinski definition) is 1. The Morgan fingerprint density at radius 2 is 2.20 bits per heavy atom. The Kier molecular flexibility index (Phi) is 2.94. The van der Waals surface area contributed by atoms with E-state index in [1.165, 1.54) is 31.7 Å². The van der Waals surface area contributed by atoms with Gasteiger partial charge in [-0.15, -0.1) is 0 Å². The van der Waals surface area contributed by atoms with Crippen LogP contribution in [0, 0.1) is 5.92 Å². The first kappa shape index (κ1) is 10.1. The van der Waals surface area contributed by atoms with E-state index in [0.717, 1.165) is 0 Å². The number of rotatable bonds is 4. The highest BCUT2D eigenvalue weighted by atomic mass is 16.6. The Balaban J connectivity index is 1.84. The molecule has 2 rings (SSSR count). The lowest BCUT2D eigenvalue weighted by molar-refractivity contribution is 0.0651. The van der Waals surface area contributed by atoms with Crippen molar-refractivity contribution in [3.05, 3.63) is 17.9 Å². The maximum absolute atomic E-state index is 10.5. The molecule has 1 aliphatic rings. The summed E-state index contributed by atoms with van der Waals surface area (Å²) >= 11 is 0. The van der Waals surface area contributed by atoms with Gasteiger partial charge in [-0.3, -0.25) is 0 Å². The molecule has 1 fully saturated rings. The van der Waals surface area contributed by atoms with Gasteiger partial charge in [0.05, 0.1) is 6.61 Å². The Bertz CT molecular complexity index is 336. The molecule has 1 aliphatic carbocycles. The first-order valence-corrected chi connectivity index (χ1v) is 5.21. The molecular formula is C11H14O4. The van der Waals surface area contributed by atoms with Gasteiger partial charge in [-0.1, -0.05) is 12.8 Å². The van der Waals surface area contributed by atoms with Crippen LogP contribution in [0.2, 0.25) is 0 Å². The molecule has 82 valence electrons. The Morgan fingerprint density at radius 3 is 2.80 bits per heavy atom. The zero-order chi connectivity index (χ0) is 10.7. The highest BCUT2D eigenvalue weighted by Crippen LogP contribution is 2.26. The lowest BCUT2D eigenvalue weighted by Gasteiger charge is -2.08. The molecule has 4 heteroatoms. The second-order valence-corrected chi connectivity index (χ2v) is 3.89. The SMILES string of the molecule is O=C(O)c1ccc(OCC2CCCC2)o1. The largest absolute Gasteiger partial charge is 0.475 e. The number of carboxylic acids is 1. The van der Waals surface area contributed by atoms with Crippen molar-refractivity contribution in [2.45, 2.75) is 25.7 Å². The Morgan fingerprint density at radius 1 is 1.47 bits per heavy atom. The van der Waals surface area contributed by atoms with E-state index in [2.05, 4.69) is 0 Å². The second-order valence-electron chi connectivity index (χ2n) is 3.89. The van der Waals surface area contributed by atoms with Crippen LogP contribution < -0.4 is 4.74 Å². The minimum atomic E-state index is -1.06. The smallest absolute Gasteiger partial charge is 0.371 e. The summed E-state index contributed by atoms with van der Waals surface area (Å²) < 4.78 is 10.4. The molecule has 0 spiro atoms. The third-order valence-electron chi connectivity index (χ3n) is 2.73. The molecule has 1 heterocycles. The topological polar surface area (TPSA) is 59.7 Å². The van der Waals surface area contributed by atoms with Crippen LogP contribution in [0.15, 0.2) is 16.5 Å². The van der Waals surface area contributed by atoms with Crippen molar-refractivity contribution < 1.29 is 19.1 Å².